The van der Waals surface area contributed by atoms with Gasteiger partial charge in [0, 0.05) is 21.7 Å². The van der Waals surface area contributed by atoms with Gasteiger partial charge in [-0.15, -0.1) is 4.37 Å². The molecule has 0 aliphatic carbocycles. The summed E-state index contributed by atoms with van der Waals surface area (Å²) in [6, 6.07) is 0. The summed E-state index contributed by atoms with van der Waals surface area (Å²) >= 11 is 1.24. The number of aromatic amines is 1. The predicted molar refractivity (Wildman–Crippen MR) is 83.6 cm³/mol. The van der Waals surface area contributed by atoms with Gasteiger partial charge in [0.1, 0.15) is 0 Å². The summed E-state index contributed by atoms with van der Waals surface area (Å²) in [5.74, 6) is 2.16. The number of nitrogen functional groups attached to an aromatic ring is 1. The first-order chi connectivity index (χ1) is 10.0. The number of aliphatic imine (C=N–C) groups is 1. The van der Waals surface area contributed by atoms with E-state index in [1.807, 2.05) is 0 Å². The number of guanidine groups is 1. The molecule has 0 spiro atoms. The number of nitrogens with one attached hydrogen (secondary N) is 1. The Bertz CT molecular complexity index is 683. The second kappa shape index (κ2) is 7.35. The number of thioether (sulfide) groups is 1. The van der Waals surface area contributed by atoms with Gasteiger partial charge in [-0.25, -0.2) is 4.98 Å². The van der Waals surface area contributed by atoms with Crippen LogP contribution in [-0.2, 0) is 5.75 Å². The number of nitrogens with two attached hydrogens (primary N) is 3. The van der Waals surface area contributed by atoms with Gasteiger partial charge in [0.25, 0.3) is 0 Å². The average Bonchev–Trinajstić information content (AvgIpc) is 2.95. The summed E-state index contributed by atoms with van der Waals surface area (Å²) in [5.41, 5.74) is 16.4. The van der Waals surface area contributed by atoms with Crippen molar-refractivity contribution in [3.05, 3.63) is 11.3 Å². The summed E-state index contributed by atoms with van der Waals surface area (Å²) in [5, 5.41) is 0.437. The number of anilines is 1. The third-order valence-corrected chi connectivity index (χ3v) is 4.34. The first-order valence-corrected chi connectivity index (χ1v) is 8.65. The number of rotatable bonds is 6. The van der Waals surface area contributed by atoms with Gasteiger partial charge in [-0.05, 0) is 0 Å². The molecule has 2 aromatic rings. The second-order valence-corrected chi connectivity index (χ2v) is 6.36. The maximum absolute atomic E-state index is 11.0. The molecule has 0 aliphatic rings. The predicted octanol–water partition coefficient (Wildman–Crippen LogP) is -0.690. The smallest absolute Gasteiger partial charge is 0.232 e. The molecule has 0 fully saturated rings. The molecule has 2 aromatic heterocycles. The average molecular weight is 347 g/mol. The van der Waals surface area contributed by atoms with Crippen LogP contribution in [0.2, 0.25) is 0 Å². The van der Waals surface area contributed by atoms with E-state index in [9.17, 15) is 4.55 Å². The summed E-state index contributed by atoms with van der Waals surface area (Å²) in [7, 11) is 0. The van der Waals surface area contributed by atoms with Crippen LogP contribution in [0.3, 0.4) is 0 Å². The topological polar surface area (TPSA) is 180 Å². The van der Waals surface area contributed by atoms with Crippen molar-refractivity contribution in [2.24, 2.45) is 21.5 Å². The van der Waals surface area contributed by atoms with Crippen LogP contribution in [0, 0.1) is 0 Å². The summed E-state index contributed by atoms with van der Waals surface area (Å²) < 4.78 is 21.3. The van der Waals surface area contributed by atoms with Crippen LogP contribution < -0.4 is 22.7 Å². The first-order valence-electron chi connectivity index (χ1n) is 5.62. The van der Waals surface area contributed by atoms with Crippen molar-refractivity contribution >= 4 is 51.3 Å². The lowest BCUT2D eigenvalue weighted by Crippen LogP contribution is -2.21. The van der Waals surface area contributed by atoms with E-state index in [2.05, 4.69) is 28.1 Å². The van der Waals surface area contributed by atoms with Crippen molar-refractivity contribution in [2.45, 2.75) is 5.75 Å². The van der Waals surface area contributed by atoms with Crippen LogP contribution >= 0.6 is 34.4 Å². The lowest BCUT2D eigenvalue weighted by atomic mass is 10.7. The second-order valence-electron chi connectivity index (χ2n) is 3.64. The van der Waals surface area contributed by atoms with E-state index in [0.29, 0.717) is 28.7 Å². The van der Waals surface area contributed by atoms with Crippen molar-refractivity contribution in [1.82, 2.24) is 18.1 Å². The third kappa shape index (κ3) is 4.96. The number of H-pyrrole nitrogens is 1. The molecule has 114 valence electrons. The Morgan fingerprint density at radius 1 is 1.48 bits per heavy atom. The lowest BCUT2D eigenvalue weighted by molar-refractivity contribution is 0.584. The molecule has 0 aromatic carbocycles. The highest BCUT2D eigenvalue weighted by Crippen LogP contribution is 2.17. The van der Waals surface area contributed by atoms with E-state index in [0.717, 1.165) is 17.3 Å². The van der Waals surface area contributed by atoms with Gasteiger partial charge in [-0.3, -0.25) is 4.99 Å². The Hall–Kier alpha value is -1.70. The molecule has 2 heterocycles. The minimum atomic E-state index is -1.50. The van der Waals surface area contributed by atoms with Crippen LogP contribution in [0.4, 0.5) is 10.9 Å². The fraction of sp³-hybridized carbons (Fsp3) is 0.375. The molecule has 2 rings (SSSR count). The number of hydrogen-bond donors (Lipinski definition) is 4. The van der Waals surface area contributed by atoms with Crippen molar-refractivity contribution in [3.8, 4) is 0 Å². The number of hydrogen-bond acceptors (Lipinski definition) is 9. The summed E-state index contributed by atoms with van der Waals surface area (Å²) in [6.45, 7) is 0.519. The zero-order valence-corrected chi connectivity index (χ0v) is 13.2. The Labute approximate surface area is 130 Å². The zero-order chi connectivity index (χ0) is 15.2. The maximum Gasteiger partial charge on any atom is 0.232 e. The Balaban J connectivity index is 1.77. The molecular formula is C8H13N9OS3. The Morgan fingerprint density at radius 2 is 2.29 bits per heavy atom. The van der Waals surface area contributed by atoms with Gasteiger partial charge >= 0.3 is 0 Å². The van der Waals surface area contributed by atoms with Gasteiger partial charge in [0.15, 0.2) is 22.9 Å². The Kier molecular flexibility index (Phi) is 5.49. The van der Waals surface area contributed by atoms with Gasteiger partial charge < -0.3 is 21.8 Å². The highest BCUT2D eigenvalue weighted by molar-refractivity contribution is 7.98. The fourth-order valence-corrected chi connectivity index (χ4v) is 3.24. The molecule has 0 saturated carbocycles. The van der Waals surface area contributed by atoms with Crippen LogP contribution in [-0.4, -0.2) is 40.9 Å². The van der Waals surface area contributed by atoms with E-state index in [-0.39, 0.29) is 11.8 Å². The highest BCUT2D eigenvalue weighted by Gasteiger charge is 2.04. The number of aromatic nitrogens is 4. The van der Waals surface area contributed by atoms with E-state index in [4.69, 9.17) is 17.2 Å². The Morgan fingerprint density at radius 3 is 2.95 bits per heavy atom. The van der Waals surface area contributed by atoms with E-state index < -0.39 is 11.1 Å². The summed E-state index contributed by atoms with van der Waals surface area (Å²) in [4.78, 5) is 12.1. The molecule has 7 N–H and O–H groups in total. The zero-order valence-electron chi connectivity index (χ0n) is 10.7. The van der Waals surface area contributed by atoms with Crippen molar-refractivity contribution in [2.75, 3.05) is 18.0 Å². The van der Waals surface area contributed by atoms with Crippen LogP contribution in [0.25, 0.3) is 0 Å². The molecule has 0 aliphatic heterocycles. The highest BCUT2D eigenvalue weighted by atomic mass is 32.2. The molecular weight excluding hydrogens is 334 g/mol. The first kappa shape index (κ1) is 15.7. The van der Waals surface area contributed by atoms with Crippen LogP contribution in [0.5, 0.6) is 0 Å². The number of nitrogens with zero attached hydrogens (tertiary/aromatic N) is 5. The lowest BCUT2D eigenvalue weighted by Gasteiger charge is -1.93. The molecule has 21 heavy (non-hydrogen) atoms. The SMILES string of the molecule is NC(N)=Nc1nc(CSCCN=c2[nH][s+]([O-])nc2N)ns1. The molecule has 0 radical (unpaired) electrons. The monoisotopic (exact) mass is 347 g/mol. The molecule has 10 nitrogen and oxygen atoms in total. The van der Waals surface area contributed by atoms with Crippen molar-refractivity contribution < 1.29 is 4.55 Å². The molecule has 0 amide bonds. The van der Waals surface area contributed by atoms with Crippen molar-refractivity contribution in [1.29, 1.82) is 0 Å². The molecule has 13 heteroatoms. The van der Waals surface area contributed by atoms with Gasteiger partial charge in [0.05, 0.1) is 12.3 Å². The molecule has 0 bridgehead atoms. The van der Waals surface area contributed by atoms with Gasteiger partial charge in [-0.1, -0.05) is 0 Å². The van der Waals surface area contributed by atoms with Gasteiger partial charge in [0.2, 0.25) is 16.4 Å². The molecule has 0 saturated heterocycles. The van der Waals surface area contributed by atoms with Crippen molar-refractivity contribution in [3.63, 3.8) is 0 Å². The third-order valence-electron chi connectivity index (χ3n) is 2.03. The largest absolute Gasteiger partial charge is 0.548 e. The molecule has 1 unspecified atom stereocenters. The van der Waals surface area contributed by atoms with Crippen LogP contribution in [0.15, 0.2) is 9.98 Å². The minimum absolute atomic E-state index is 0.0399. The van der Waals surface area contributed by atoms with E-state index in [1.165, 1.54) is 0 Å². The standard InChI is InChI=1S/C8H13N9OS3/c9-5-6(17-21(18)16-5)12-1-2-19-3-4-13-8(20-15-4)14-7(10)11/h1-3H2,(H2,9,16)(H,12,17)(H4,10,11,13,14,15). The maximum atomic E-state index is 11.0. The normalized spacial score (nSPS) is 12.6. The van der Waals surface area contributed by atoms with Crippen LogP contribution in [0.1, 0.15) is 5.82 Å². The van der Waals surface area contributed by atoms with Gasteiger partial charge in [-0.2, -0.15) is 21.1 Å². The summed E-state index contributed by atoms with van der Waals surface area (Å²) in [6.07, 6.45) is 0. The van der Waals surface area contributed by atoms with E-state index in [1.54, 1.807) is 11.8 Å². The fourth-order valence-electron chi connectivity index (χ4n) is 1.25. The molecule has 1 atom stereocenters. The minimum Gasteiger partial charge on any atom is -0.548 e. The quantitative estimate of drug-likeness (QED) is 0.229. The van der Waals surface area contributed by atoms with E-state index >= 15 is 0 Å².